The van der Waals surface area contributed by atoms with Gasteiger partial charge in [0.25, 0.3) is 5.91 Å². The van der Waals surface area contributed by atoms with E-state index in [1.165, 1.54) is 22.7 Å². The van der Waals surface area contributed by atoms with Crippen LogP contribution >= 0.6 is 11.8 Å². The van der Waals surface area contributed by atoms with Crippen molar-refractivity contribution in [2.45, 2.75) is 10.9 Å². The molecule has 0 saturated heterocycles. The van der Waals surface area contributed by atoms with Crippen molar-refractivity contribution in [1.29, 1.82) is 0 Å². The van der Waals surface area contributed by atoms with E-state index < -0.39 is 5.91 Å². The molecule has 1 aromatic carbocycles. The lowest BCUT2D eigenvalue weighted by Crippen LogP contribution is -2.20. The molecule has 15 nitrogen and oxygen atoms in total. The number of nitrogens with one attached hydrogen (secondary N) is 1. The number of amides is 1. The number of carbonyl (C=O) groups is 1. The monoisotopic (exact) mass is 469 g/mol. The summed E-state index contributed by atoms with van der Waals surface area (Å²) >= 11 is 1.32. The number of hydrazone groups is 1. The van der Waals surface area contributed by atoms with Gasteiger partial charge in [-0.05, 0) is 34.1 Å². The molecule has 0 bridgehead atoms. The Morgan fingerprint density at radius 3 is 2.97 bits per heavy atom. The molecular weight excluding hydrogens is 454 g/mol. The molecule has 1 aliphatic rings. The van der Waals surface area contributed by atoms with Crippen LogP contribution in [0.3, 0.4) is 0 Å². The third kappa shape index (κ3) is 4.05. The standard InChI is InChI=1S/C17H15N11O4S/c1-27-7-20-23-17(27)33-6-10-13(21-26-28(10)15-14(18)24-32-25-15)16(29)22-19-5-9-2-3-11-12(4-9)31-8-30-11/h2-5,7H,6,8H2,1H3,(H2,18,24)(H,22,29). The molecule has 4 aromatic rings. The fraction of sp³-hybridized carbons (Fsp3) is 0.176. The summed E-state index contributed by atoms with van der Waals surface area (Å²) in [7, 11) is 1.80. The van der Waals surface area contributed by atoms with E-state index in [-0.39, 0.29) is 29.9 Å². The number of benzene rings is 1. The Labute approximate surface area is 188 Å². The van der Waals surface area contributed by atoms with Crippen LogP contribution in [0.25, 0.3) is 5.82 Å². The van der Waals surface area contributed by atoms with Gasteiger partial charge >= 0.3 is 0 Å². The highest BCUT2D eigenvalue weighted by atomic mass is 32.2. The van der Waals surface area contributed by atoms with Crippen LogP contribution in [0.5, 0.6) is 11.5 Å². The SMILES string of the molecule is Cn1cnnc1SCc1c(C(=O)NN=Cc2ccc3c(c2)OCO3)nnn1-c1nonc1N. The summed E-state index contributed by atoms with van der Waals surface area (Å²) in [6, 6.07) is 5.29. The molecular formula is C17H15N11O4S. The van der Waals surface area contributed by atoms with Crippen LogP contribution in [0.2, 0.25) is 0 Å². The van der Waals surface area contributed by atoms with Crippen LogP contribution in [0.15, 0.2) is 39.4 Å². The number of ether oxygens (including phenoxy) is 2. The first-order valence-corrected chi connectivity index (χ1v) is 10.3. The number of nitrogens with two attached hydrogens (primary N) is 1. The summed E-state index contributed by atoms with van der Waals surface area (Å²) in [6.45, 7) is 0.170. The molecule has 0 atom stereocenters. The van der Waals surface area contributed by atoms with Gasteiger partial charge in [-0.2, -0.15) is 9.78 Å². The van der Waals surface area contributed by atoms with Gasteiger partial charge in [0.2, 0.25) is 18.4 Å². The fourth-order valence-electron chi connectivity index (χ4n) is 2.86. The Morgan fingerprint density at radius 1 is 1.30 bits per heavy atom. The zero-order chi connectivity index (χ0) is 22.8. The van der Waals surface area contributed by atoms with Crippen molar-refractivity contribution in [2.75, 3.05) is 12.5 Å². The highest BCUT2D eigenvalue weighted by Crippen LogP contribution is 2.32. The van der Waals surface area contributed by atoms with E-state index in [0.717, 1.165) is 0 Å². The molecule has 0 fully saturated rings. The number of anilines is 1. The van der Waals surface area contributed by atoms with E-state index >= 15 is 0 Å². The average molecular weight is 469 g/mol. The molecule has 0 aliphatic carbocycles. The third-order valence-corrected chi connectivity index (χ3v) is 5.50. The minimum absolute atomic E-state index is 0.00223. The normalized spacial score (nSPS) is 12.5. The molecule has 3 N–H and O–H groups in total. The third-order valence-electron chi connectivity index (χ3n) is 4.46. The van der Waals surface area contributed by atoms with Crippen LogP contribution in [0, 0.1) is 0 Å². The van der Waals surface area contributed by atoms with Gasteiger partial charge in [0.05, 0.1) is 11.9 Å². The smallest absolute Gasteiger partial charge is 0.293 e. The molecule has 0 spiro atoms. The zero-order valence-electron chi connectivity index (χ0n) is 16.9. The van der Waals surface area contributed by atoms with Gasteiger partial charge in [-0.25, -0.2) is 10.1 Å². The Hall–Kier alpha value is -4.47. The maximum Gasteiger partial charge on any atom is 0.293 e. The molecule has 0 radical (unpaired) electrons. The van der Waals surface area contributed by atoms with Crippen molar-refractivity contribution in [1.82, 2.24) is 45.5 Å². The Bertz CT molecular complexity index is 1340. The quantitative estimate of drug-likeness (QED) is 0.212. The largest absolute Gasteiger partial charge is 0.454 e. The van der Waals surface area contributed by atoms with Gasteiger partial charge in [-0.1, -0.05) is 17.0 Å². The van der Waals surface area contributed by atoms with Gasteiger partial charge < -0.3 is 19.8 Å². The number of nitrogen functional groups attached to an aromatic ring is 1. The van der Waals surface area contributed by atoms with Gasteiger partial charge in [-0.3, -0.25) is 4.79 Å². The van der Waals surface area contributed by atoms with E-state index in [1.54, 1.807) is 36.1 Å². The molecule has 33 heavy (non-hydrogen) atoms. The van der Waals surface area contributed by atoms with E-state index in [4.69, 9.17) is 15.2 Å². The van der Waals surface area contributed by atoms with E-state index in [9.17, 15) is 4.79 Å². The maximum atomic E-state index is 12.8. The first-order valence-electron chi connectivity index (χ1n) is 9.33. The summed E-state index contributed by atoms with van der Waals surface area (Å²) in [4.78, 5) is 12.8. The fourth-order valence-corrected chi connectivity index (χ4v) is 3.74. The second-order valence-electron chi connectivity index (χ2n) is 6.59. The van der Waals surface area contributed by atoms with Crippen LogP contribution in [-0.4, -0.2) is 59.0 Å². The van der Waals surface area contributed by atoms with Crippen molar-refractivity contribution in [2.24, 2.45) is 12.1 Å². The number of hydrogen-bond donors (Lipinski definition) is 2. The van der Waals surface area contributed by atoms with Crippen molar-refractivity contribution in [3.05, 3.63) is 41.5 Å². The molecule has 0 saturated carbocycles. The molecule has 16 heteroatoms. The number of hydrogen-bond acceptors (Lipinski definition) is 13. The second-order valence-corrected chi connectivity index (χ2v) is 7.54. The Morgan fingerprint density at radius 2 is 2.18 bits per heavy atom. The lowest BCUT2D eigenvalue weighted by Gasteiger charge is -2.05. The van der Waals surface area contributed by atoms with E-state index in [0.29, 0.717) is 27.9 Å². The molecule has 1 amide bonds. The summed E-state index contributed by atoms with van der Waals surface area (Å²) in [5.74, 6) is 1.04. The molecule has 3 aromatic heterocycles. The van der Waals surface area contributed by atoms with Crippen LogP contribution in [0.1, 0.15) is 21.7 Å². The second kappa shape index (κ2) is 8.58. The first kappa shape index (κ1) is 20.4. The Kier molecular flexibility index (Phi) is 5.31. The Balaban J connectivity index is 1.37. The molecule has 1 aliphatic heterocycles. The molecule has 5 rings (SSSR count). The highest BCUT2D eigenvalue weighted by Gasteiger charge is 2.24. The number of aryl methyl sites for hydroxylation is 1. The first-order chi connectivity index (χ1) is 16.1. The van der Waals surface area contributed by atoms with Gasteiger partial charge in [0.1, 0.15) is 6.33 Å². The van der Waals surface area contributed by atoms with Crippen molar-refractivity contribution in [3.63, 3.8) is 0 Å². The van der Waals surface area contributed by atoms with E-state index in [2.05, 4.69) is 46.0 Å². The summed E-state index contributed by atoms with van der Waals surface area (Å²) in [5.41, 5.74) is 9.36. The summed E-state index contributed by atoms with van der Waals surface area (Å²) in [5, 5.41) is 27.7. The predicted molar refractivity (Wildman–Crippen MR) is 112 cm³/mol. The number of thioether (sulfide) groups is 1. The summed E-state index contributed by atoms with van der Waals surface area (Å²) in [6.07, 6.45) is 3.04. The van der Waals surface area contributed by atoms with Crippen LogP contribution in [0.4, 0.5) is 5.82 Å². The van der Waals surface area contributed by atoms with E-state index in [1.807, 2.05) is 0 Å². The van der Waals surface area contributed by atoms with Crippen molar-refractivity contribution >= 4 is 29.7 Å². The van der Waals surface area contributed by atoms with Crippen molar-refractivity contribution in [3.8, 4) is 17.3 Å². The number of carbonyl (C=O) groups excluding carboxylic acids is 1. The molecule has 4 heterocycles. The predicted octanol–water partition coefficient (Wildman–Crippen LogP) is 0.146. The number of nitrogens with zero attached hydrogens (tertiary/aromatic N) is 9. The zero-order valence-corrected chi connectivity index (χ0v) is 17.8. The van der Waals surface area contributed by atoms with Gasteiger partial charge in [-0.15, -0.1) is 15.3 Å². The minimum Gasteiger partial charge on any atom is -0.454 e. The lowest BCUT2D eigenvalue weighted by atomic mass is 10.2. The minimum atomic E-state index is -0.582. The van der Waals surface area contributed by atoms with Gasteiger partial charge in [0, 0.05) is 12.8 Å². The number of aromatic nitrogens is 8. The highest BCUT2D eigenvalue weighted by molar-refractivity contribution is 7.98. The maximum absolute atomic E-state index is 12.8. The van der Waals surface area contributed by atoms with Crippen LogP contribution < -0.4 is 20.6 Å². The number of rotatable bonds is 7. The summed E-state index contributed by atoms with van der Waals surface area (Å²) < 4.78 is 18.3. The molecule has 168 valence electrons. The van der Waals surface area contributed by atoms with Crippen molar-refractivity contribution < 1.29 is 18.9 Å². The average Bonchev–Trinajstić information content (AvgIpc) is 3.59. The molecule has 0 unspecified atom stereocenters. The lowest BCUT2D eigenvalue weighted by molar-refractivity contribution is 0.0949. The van der Waals surface area contributed by atoms with Gasteiger partial charge in [0.15, 0.2) is 22.3 Å². The number of fused-ring (bicyclic) bond motifs is 1. The topological polar surface area (TPSA) is 186 Å². The van der Waals surface area contributed by atoms with Crippen LogP contribution in [-0.2, 0) is 12.8 Å².